The van der Waals surface area contributed by atoms with Crippen molar-refractivity contribution in [2.75, 3.05) is 0 Å². The Labute approximate surface area is 110 Å². The molecule has 0 radical (unpaired) electrons. The molecule has 1 amide bonds. The highest BCUT2D eigenvalue weighted by atomic mass is 16.2. The first-order chi connectivity index (χ1) is 9.15. The molecule has 0 fully saturated rings. The van der Waals surface area contributed by atoms with Crippen LogP contribution in [0.3, 0.4) is 0 Å². The quantitative estimate of drug-likeness (QED) is 0.853. The molecule has 0 spiro atoms. The van der Waals surface area contributed by atoms with E-state index in [0.717, 1.165) is 5.69 Å². The van der Waals surface area contributed by atoms with Gasteiger partial charge in [-0.1, -0.05) is 6.07 Å². The lowest BCUT2D eigenvalue weighted by Gasteiger charge is -2.06. The van der Waals surface area contributed by atoms with Crippen molar-refractivity contribution in [2.45, 2.75) is 20.0 Å². The Hall–Kier alpha value is -2.50. The Bertz CT molecular complexity index is 622. The Morgan fingerprint density at radius 2 is 2.21 bits per heavy atom. The summed E-state index contributed by atoms with van der Waals surface area (Å²) in [5.41, 5.74) is 1.17. The number of rotatable bonds is 4. The van der Waals surface area contributed by atoms with Gasteiger partial charge < -0.3 is 5.32 Å². The fraction of sp³-hybridized carbons (Fsp3) is 0.231. The highest BCUT2D eigenvalue weighted by Gasteiger charge is 2.05. The van der Waals surface area contributed by atoms with Gasteiger partial charge >= 0.3 is 0 Å². The van der Waals surface area contributed by atoms with Gasteiger partial charge in [-0.2, -0.15) is 0 Å². The van der Waals surface area contributed by atoms with E-state index in [0.29, 0.717) is 12.2 Å². The molecule has 0 unspecified atom stereocenters. The van der Waals surface area contributed by atoms with Crippen LogP contribution in [0.5, 0.6) is 0 Å². The lowest BCUT2D eigenvalue weighted by Crippen LogP contribution is -2.32. The average Bonchev–Trinajstić information content (AvgIpc) is 2.41. The molecule has 2 heterocycles. The molecule has 98 valence electrons. The smallest absolute Gasteiger partial charge is 0.253 e. The van der Waals surface area contributed by atoms with Gasteiger partial charge in [-0.25, -0.2) is 4.98 Å². The molecule has 2 rings (SSSR count). The normalized spacial score (nSPS) is 10.2. The van der Waals surface area contributed by atoms with Crippen LogP contribution in [0, 0.1) is 6.92 Å². The lowest BCUT2D eigenvalue weighted by molar-refractivity contribution is -0.121. The minimum atomic E-state index is -0.251. The second-order valence-electron chi connectivity index (χ2n) is 4.09. The molecule has 2 aromatic rings. The van der Waals surface area contributed by atoms with Crippen LogP contribution in [0.4, 0.5) is 0 Å². The summed E-state index contributed by atoms with van der Waals surface area (Å²) in [6, 6.07) is 6.87. The number of amides is 1. The van der Waals surface area contributed by atoms with Gasteiger partial charge in [0.1, 0.15) is 6.54 Å². The number of aromatic nitrogens is 3. The number of pyridine rings is 1. The summed E-state index contributed by atoms with van der Waals surface area (Å²) in [6.45, 7) is 2.03. The summed E-state index contributed by atoms with van der Waals surface area (Å²) in [5, 5.41) is 2.70. The highest BCUT2D eigenvalue weighted by Crippen LogP contribution is 1.92. The zero-order valence-corrected chi connectivity index (χ0v) is 10.5. The van der Waals surface area contributed by atoms with Crippen molar-refractivity contribution in [3.63, 3.8) is 0 Å². The minimum absolute atomic E-state index is 0.0427. The molecule has 6 nitrogen and oxygen atoms in total. The van der Waals surface area contributed by atoms with Crippen LogP contribution in [0.1, 0.15) is 11.4 Å². The van der Waals surface area contributed by atoms with Crippen molar-refractivity contribution >= 4 is 5.91 Å². The topological polar surface area (TPSA) is 76.9 Å². The Kier molecular flexibility index (Phi) is 4.02. The first-order valence-electron chi connectivity index (χ1n) is 5.85. The SMILES string of the molecule is Cc1cc(=O)n(CC(=O)NCc2ccccn2)cn1. The summed E-state index contributed by atoms with van der Waals surface area (Å²) in [4.78, 5) is 31.4. The van der Waals surface area contributed by atoms with Crippen molar-refractivity contribution in [1.29, 1.82) is 0 Å². The van der Waals surface area contributed by atoms with E-state index in [2.05, 4.69) is 15.3 Å². The summed E-state index contributed by atoms with van der Waals surface area (Å²) in [5.74, 6) is -0.251. The molecular formula is C13H14N4O2. The Morgan fingerprint density at radius 1 is 1.37 bits per heavy atom. The Balaban J connectivity index is 1.93. The summed E-state index contributed by atoms with van der Waals surface area (Å²) in [6.07, 6.45) is 3.04. The van der Waals surface area contributed by atoms with Crippen LogP contribution in [-0.4, -0.2) is 20.4 Å². The number of hydrogen-bond donors (Lipinski definition) is 1. The van der Waals surface area contributed by atoms with Crippen molar-refractivity contribution in [3.8, 4) is 0 Å². The van der Waals surface area contributed by atoms with Crippen LogP contribution in [0.25, 0.3) is 0 Å². The third-order valence-corrected chi connectivity index (χ3v) is 2.52. The van der Waals surface area contributed by atoms with Crippen LogP contribution in [0.2, 0.25) is 0 Å². The van der Waals surface area contributed by atoms with E-state index < -0.39 is 0 Å². The molecule has 6 heteroatoms. The summed E-state index contributed by atoms with van der Waals surface area (Å²) in [7, 11) is 0. The first kappa shape index (κ1) is 12.9. The van der Waals surface area contributed by atoms with Crippen molar-refractivity contribution in [3.05, 3.63) is 58.5 Å². The van der Waals surface area contributed by atoms with E-state index in [4.69, 9.17) is 0 Å². The molecule has 0 saturated heterocycles. The van der Waals surface area contributed by atoms with Gasteiger partial charge in [0.05, 0.1) is 18.6 Å². The van der Waals surface area contributed by atoms with Gasteiger partial charge in [0, 0.05) is 18.0 Å². The maximum Gasteiger partial charge on any atom is 0.253 e. The number of carbonyl (C=O) groups excluding carboxylic acids is 1. The van der Waals surface area contributed by atoms with E-state index in [-0.39, 0.29) is 18.0 Å². The molecule has 2 aromatic heterocycles. The molecule has 1 N–H and O–H groups in total. The summed E-state index contributed by atoms with van der Waals surface area (Å²) >= 11 is 0. The molecular weight excluding hydrogens is 244 g/mol. The van der Waals surface area contributed by atoms with Crippen LogP contribution < -0.4 is 10.9 Å². The van der Waals surface area contributed by atoms with Gasteiger partial charge in [0.15, 0.2) is 0 Å². The van der Waals surface area contributed by atoms with Crippen molar-refractivity contribution in [2.24, 2.45) is 0 Å². The molecule has 0 aliphatic carbocycles. The van der Waals surface area contributed by atoms with Gasteiger partial charge in [-0.05, 0) is 19.1 Å². The largest absolute Gasteiger partial charge is 0.349 e. The second kappa shape index (κ2) is 5.90. The summed E-state index contributed by atoms with van der Waals surface area (Å²) < 4.78 is 1.26. The number of carbonyl (C=O) groups is 1. The first-order valence-corrected chi connectivity index (χ1v) is 5.85. The lowest BCUT2D eigenvalue weighted by atomic mass is 10.3. The van der Waals surface area contributed by atoms with E-state index in [1.807, 2.05) is 18.2 Å². The minimum Gasteiger partial charge on any atom is -0.349 e. The van der Waals surface area contributed by atoms with Gasteiger partial charge in [0.25, 0.3) is 5.56 Å². The number of hydrogen-bond acceptors (Lipinski definition) is 4. The molecule has 0 bridgehead atoms. The highest BCUT2D eigenvalue weighted by molar-refractivity contribution is 5.75. The maximum absolute atomic E-state index is 11.7. The number of aryl methyl sites for hydroxylation is 1. The predicted octanol–water partition coefficient (Wildman–Crippen LogP) is 0.263. The molecule has 19 heavy (non-hydrogen) atoms. The van der Waals surface area contributed by atoms with Gasteiger partial charge in [0.2, 0.25) is 5.91 Å². The standard InChI is InChI=1S/C13H14N4O2/c1-10-6-13(19)17(9-16-10)8-12(18)15-7-11-4-2-3-5-14-11/h2-6,9H,7-8H2,1H3,(H,15,18). The molecule has 0 aliphatic heterocycles. The van der Waals surface area contributed by atoms with Crippen molar-refractivity contribution < 1.29 is 4.79 Å². The third kappa shape index (κ3) is 3.74. The van der Waals surface area contributed by atoms with Gasteiger partial charge in [-0.3, -0.25) is 19.1 Å². The van der Waals surface area contributed by atoms with E-state index in [1.54, 1.807) is 13.1 Å². The molecule has 0 aromatic carbocycles. The van der Waals surface area contributed by atoms with Gasteiger partial charge in [-0.15, -0.1) is 0 Å². The molecule has 0 saturated carbocycles. The maximum atomic E-state index is 11.7. The fourth-order valence-electron chi connectivity index (χ4n) is 1.54. The average molecular weight is 258 g/mol. The van der Waals surface area contributed by atoms with E-state index >= 15 is 0 Å². The van der Waals surface area contributed by atoms with Crippen LogP contribution in [-0.2, 0) is 17.9 Å². The van der Waals surface area contributed by atoms with Crippen LogP contribution >= 0.6 is 0 Å². The number of nitrogens with zero attached hydrogens (tertiary/aromatic N) is 3. The predicted molar refractivity (Wildman–Crippen MR) is 69.3 cm³/mol. The van der Waals surface area contributed by atoms with Crippen molar-refractivity contribution in [1.82, 2.24) is 19.9 Å². The zero-order chi connectivity index (χ0) is 13.7. The zero-order valence-electron chi connectivity index (χ0n) is 10.5. The van der Waals surface area contributed by atoms with E-state index in [1.165, 1.54) is 17.0 Å². The monoisotopic (exact) mass is 258 g/mol. The number of nitrogens with one attached hydrogen (secondary N) is 1. The molecule has 0 atom stereocenters. The molecule has 0 aliphatic rings. The van der Waals surface area contributed by atoms with Crippen LogP contribution in [0.15, 0.2) is 41.6 Å². The van der Waals surface area contributed by atoms with E-state index in [9.17, 15) is 9.59 Å². The Morgan fingerprint density at radius 3 is 2.89 bits per heavy atom. The second-order valence-corrected chi connectivity index (χ2v) is 4.09. The third-order valence-electron chi connectivity index (χ3n) is 2.52. The fourth-order valence-corrected chi connectivity index (χ4v) is 1.54.